The maximum atomic E-state index is 9.72. The highest BCUT2D eigenvalue weighted by Crippen LogP contribution is 2.38. The molecule has 3 aromatic carbocycles. The zero-order chi connectivity index (χ0) is 22.5. The minimum atomic E-state index is 0.314. The Bertz CT molecular complexity index is 1290. The SMILES string of the molecule is CCOc1cc(/C=C(\C#N)c2nc3ccccc3[nH]2)cc(Cl)c1OCc1ccc(Cl)cc1. The lowest BCUT2D eigenvalue weighted by atomic mass is 10.1. The van der Waals surface area contributed by atoms with E-state index in [-0.39, 0.29) is 0 Å². The molecule has 0 bridgehead atoms. The molecule has 0 radical (unpaired) electrons. The number of fused-ring (bicyclic) bond motifs is 1. The van der Waals surface area contributed by atoms with Gasteiger partial charge in [0.2, 0.25) is 0 Å². The highest BCUT2D eigenvalue weighted by molar-refractivity contribution is 6.32. The summed E-state index contributed by atoms with van der Waals surface area (Å²) in [5, 5.41) is 10.8. The highest BCUT2D eigenvalue weighted by atomic mass is 35.5. The molecule has 0 aliphatic rings. The first-order valence-corrected chi connectivity index (χ1v) is 10.7. The molecule has 0 aliphatic carbocycles. The summed E-state index contributed by atoms with van der Waals surface area (Å²) < 4.78 is 11.7. The number of benzene rings is 3. The number of hydrogen-bond acceptors (Lipinski definition) is 4. The van der Waals surface area contributed by atoms with Crippen molar-refractivity contribution in [3.05, 3.63) is 87.7 Å². The summed E-state index contributed by atoms with van der Waals surface area (Å²) in [5.74, 6) is 1.44. The number of H-pyrrole nitrogens is 1. The van der Waals surface area contributed by atoms with Crippen LogP contribution in [0.25, 0.3) is 22.7 Å². The van der Waals surface area contributed by atoms with Gasteiger partial charge in [-0.1, -0.05) is 47.5 Å². The average Bonchev–Trinajstić information content (AvgIpc) is 3.22. The molecular formula is C25H19Cl2N3O2. The average molecular weight is 464 g/mol. The Balaban J connectivity index is 1.65. The largest absolute Gasteiger partial charge is 0.490 e. The molecule has 0 spiro atoms. The molecule has 5 nitrogen and oxygen atoms in total. The Kier molecular flexibility index (Phi) is 6.65. The molecule has 0 unspecified atom stereocenters. The van der Waals surface area contributed by atoms with Gasteiger partial charge in [0.15, 0.2) is 11.5 Å². The van der Waals surface area contributed by atoms with E-state index in [4.69, 9.17) is 32.7 Å². The summed E-state index contributed by atoms with van der Waals surface area (Å²) in [6.07, 6.45) is 1.72. The molecule has 0 aliphatic heterocycles. The molecule has 4 rings (SSSR count). The first-order valence-electron chi connectivity index (χ1n) is 9.98. The van der Waals surface area contributed by atoms with Gasteiger partial charge in [0.1, 0.15) is 18.5 Å². The zero-order valence-electron chi connectivity index (χ0n) is 17.2. The van der Waals surface area contributed by atoms with Crippen molar-refractivity contribution in [1.82, 2.24) is 9.97 Å². The standard InChI is InChI=1S/C25H19Cl2N3O2/c1-2-31-23-13-17(11-18(14-28)25-29-21-5-3-4-6-22(21)30-25)12-20(27)24(23)32-15-16-7-9-19(26)10-8-16/h3-13H,2,15H2,1H3,(H,29,30)/b18-11+. The van der Waals surface area contributed by atoms with Gasteiger partial charge < -0.3 is 14.5 Å². The lowest BCUT2D eigenvalue weighted by molar-refractivity contribution is 0.269. The lowest BCUT2D eigenvalue weighted by Gasteiger charge is -2.15. The first-order chi connectivity index (χ1) is 15.6. The number of imidazole rings is 1. The van der Waals surface area contributed by atoms with E-state index in [1.807, 2.05) is 43.3 Å². The minimum Gasteiger partial charge on any atom is -0.490 e. The van der Waals surface area contributed by atoms with E-state index in [1.165, 1.54) is 0 Å². The monoisotopic (exact) mass is 463 g/mol. The van der Waals surface area contributed by atoms with Crippen LogP contribution in [0.1, 0.15) is 23.9 Å². The van der Waals surface area contributed by atoms with E-state index in [9.17, 15) is 5.26 Å². The van der Waals surface area contributed by atoms with E-state index in [2.05, 4.69) is 16.0 Å². The second-order valence-corrected chi connectivity index (χ2v) is 7.79. The van der Waals surface area contributed by atoms with Crippen molar-refractivity contribution in [1.29, 1.82) is 5.26 Å². The maximum Gasteiger partial charge on any atom is 0.180 e. The van der Waals surface area contributed by atoms with Crippen molar-refractivity contribution in [2.75, 3.05) is 6.61 Å². The predicted octanol–water partition coefficient (Wildman–Crippen LogP) is 6.91. The maximum absolute atomic E-state index is 9.72. The summed E-state index contributed by atoms with van der Waals surface area (Å²) in [7, 11) is 0. The molecule has 1 N–H and O–H groups in total. The van der Waals surface area contributed by atoms with Gasteiger partial charge in [-0.3, -0.25) is 0 Å². The van der Waals surface area contributed by atoms with Gasteiger partial charge in [-0.05, 0) is 60.5 Å². The normalized spacial score (nSPS) is 11.4. The number of nitrogens with zero attached hydrogens (tertiary/aromatic N) is 2. The number of aromatic amines is 1. The van der Waals surface area contributed by atoms with Crippen molar-refractivity contribution < 1.29 is 9.47 Å². The number of rotatable bonds is 7. The van der Waals surface area contributed by atoms with Crippen LogP contribution in [-0.4, -0.2) is 16.6 Å². The number of para-hydroxylation sites is 2. The summed E-state index contributed by atoms with van der Waals surface area (Å²) >= 11 is 12.5. The number of hydrogen-bond donors (Lipinski definition) is 1. The van der Waals surface area contributed by atoms with E-state index < -0.39 is 0 Å². The van der Waals surface area contributed by atoms with Gasteiger partial charge in [0.25, 0.3) is 0 Å². The van der Waals surface area contributed by atoms with Crippen LogP contribution in [0.4, 0.5) is 0 Å². The Hall–Kier alpha value is -3.46. The second kappa shape index (κ2) is 9.78. The van der Waals surface area contributed by atoms with E-state index in [1.54, 1.807) is 30.3 Å². The first kappa shape index (κ1) is 21.8. The van der Waals surface area contributed by atoms with Crippen molar-refractivity contribution in [3.8, 4) is 17.6 Å². The fraction of sp³-hybridized carbons (Fsp3) is 0.120. The number of halogens is 2. The summed E-state index contributed by atoms with van der Waals surface area (Å²) in [5.41, 5.74) is 3.70. The van der Waals surface area contributed by atoms with Crippen molar-refractivity contribution in [2.45, 2.75) is 13.5 Å². The van der Waals surface area contributed by atoms with Crippen LogP contribution in [0.3, 0.4) is 0 Å². The highest BCUT2D eigenvalue weighted by Gasteiger charge is 2.14. The molecule has 4 aromatic rings. The van der Waals surface area contributed by atoms with E-state index in [0.717, 1.165) is 16.6 Å². The summed E-state index contributed by atoms with van der Waals surface area (Å²) in [6.45, 7) is 2.64. The van der Waals surface area contributed by atoms with Crippen LogP contribution in [0, 0.1) is 11.3 Å². The summed E-state index contributed by atoms with van der Waals surface area (Å²) in [6, 6.07) is 20.8. The molecule has 1 heterocycles. The third-order valence-electron chi connectivity index (χ3n) is 4.70. The van der Waals surface area contributed by atoms with Crippen LogP contribution in [0.15, 0.2) is 60.7 Å². The van der Waals surface area contributed by atoms with Gasteiger partial charge in [-0.15, -0.1) is 0 Å². The Labute approximate surface area is 195 Å². The quantitative estimate of drug-likeness (QED) is 0.302. The molecule has 160 valence electrons. The fourth-order valence-electron chi connectivity index (χ4n) is 3.21. The topological polar surface area (TPSA) is 70.9 Å². The molecule has 0 atom stereocenters. The third kappa shape index (κ3) is 4.88. The van der Waals surface area contributed by atoms with Gasteiger partial charge in [-0.2, -0.15) is 5.26 Å². The minimum absolute atomic E-state index is 0.314. The van der Waals surface area contributed by atoms with Gasteiger partial charge in [-0.25, -0.2) is 4.98 Å². The summed E-state index contributed by atoms with van der Waals surface area (Å²) in [4.78, 5) is 7.68. The molecular weight excluding hydrogens is 445 g/mol. The Morgan fingerprint density at radius 3 is 2.59 bits per heavy atom. The van der Waals surface area contributed by atoms with Crippen LogP contribution in [0.2, 0.25) is 10.0 Å². The predicted molar refractivity (Wildman–Crippen MR) is 128 cm³/mol. The van der Waals surface area contributed by atoms with Crippen molar-refractivity contribution in [2.24, 2.45) is 0 Å². The smallest absolute Gasteiger partial charge is 0.180 e. The molecule has 32 heavy (non-hydrogen) atoms. The fourth-order valence-corrected chi connectivity index (χ4v) is 3.61. The van der Waals surface area contributed by atoms with Crippen molar-refractivity contribution in [3.63, 3.8) is 0 Å². The molecule has 0 saturated carbocycles. The molecule has 7 heteroatoms. The molecule has 0 saturated heterocycles. The molecule has 1 aromatic heterocycles. The van der Waals surface area contributed by atoms with Gasteiger partial charge in [0, 0.05) is 5.02 Å². The van der Waals surface area contributed by atoms with Crippen LogP contribution >= 0.6 is 23.2 Å². The van der Waals surface area contributed by atoms with Crippen molar-refractivity contribution >= 4 is 45.9 Å². The lowest BCUT2D eigenvalue weighted by Crippen LogP contribution is -2.01. The Morgan fingerprint density at radius 1 is 1.09 bits per heavy atom. The number of aromatic nitrogens is 2. The third-order valence-corrected chi connectivity index (χ3v) is 5.24. The van der Waals surface area contributed by atoms with Gasteiger partial charge in [0.05, 0.1) is 28.2 Å². The second-order valence-electron chi connectivity index (χ2n) is 6.95. The van der Waals surface area contributed by atoms with Crippen LogP contribution in [-0.2, 0) is 6.61 Å². The number of ether oxygens (including phenoxy) is 2. The van der Waals surface area contributed by atoms with Crippen LogP contribution in [0.5, 0.6) is 11.5 Å². The molecule has 0 fully saturated rings. The number of nitrogens with one attached hydrogen (secondary N) is 1. The van der Waals surface area contributed by atoms with E-state index >= 15 is 0 Å². The zero-order valence-corrected chi connectivity index (χ0v) is 18.7. The van der Waals surface area contributed by atoms with E-state index in [0.29, 0.717) is 51.7 Å². The Morgan fingerprint density at radius 2 is 1.88 bits per heavy atom. The van der Waals surface area contributed by atoms with Crippen LogP contribution < -0.4 is 9.47 Å². The number of nitriles is 1. The van der Waals surface area contributed by atoms with Gasteiger partial charge >= 0.3 is 0 Å². The number of allylic oxidation sites excluding steroid dienone is 1. The molecule has 0 amide bonds.